The zero-order chi connectivity index (χ0) is 18.4. The number of piperidine rings is 1. The highest BCUT2D eigenvalue weighted by molar-refractivity contribution is 5.92. The minimum atomic E-state index is -0.591. The quantitative estimate of drug-likeness (QED) is 0.762. The van der Waals surface area contributed by atoms with Gasteiger partial charge in [0.1, 0.15) is 11.8 Å². The first kappa shape index (κ1) is 18.5. The summed E-state index contributed by atoms with van der Waals surface area (Å²) in [5.41, 5.74) is 0.306. The van der Waals surface area contributed by atoms with Gasteiger partial charge in [0.15, 0.2) is 0 Å². The molecule has 0 unspecified atom stereocenters. The molecule has 26 heavy (non-hydrogen) atoms. The molecule has 3 heterocycles. The topological polar surface area (TPSA) is 91.8 Å². The lowest BCUT2D eigenvalue weighted by Crippen LogP contribution is -2.49. The molecule has 2 amide bonds. The molecule has 0 aliphatic carbocycles. The molecule has 0 bridgehead atoms. The van der Waals surface area contributed by atoms with Crippen LogP contribution in [0.15, 0.2) is 36.5 Å². The molecular formula is C19H25N3O4. The van der Waals surface area contributed by atoms with E-state index in [0.717, 1.165) is 25.9 Å². The second-order valence-corrected chi connectivity index (χ2v) is 6.64. The summed E-state index contributed by atoms with van der Waals surface area (Å²) in [6.07, 6.45) is 7.69. The molecule has 2 aliphatic rings. The lowest BCUT2D eigenvalue weighted by Gasteiger charge is -2.33. The van der Waals surface area contributed by atoms with Gasteiger partial charge in [-0.3, -0.25) is 14.6 Å². The average Bonchev–Trinajstić information content (AvgIpc) is 2.70. The summed E-state index contributed by atoms with van der Waals surface area (Å²) in [4.78, 5) is 30.5. The standard InChI is InChI=1S/C19H25N3O4/c23-13-17-15(21-19(25)16-6-2-3-9-20-16)8-7-14(26-17)12-18(24)22-10-4-1-5-11-22/h2-3,6-9,14-15,17,23H,1,4-5,10-13H2,(H,21,25)/t14-,15-,17-/m1/s1. The van der Waals surface area contributed by atoms with Crippen molar-refractivity contribution in [2.75, 3.05) is 19.7 Å². The van der Waals surface area contributed by atoms with Crippen LogP contribution in [0.2, 0.25) is 0 Å². The lowest BCUT2D eigenvalue weighted by molar-refractivity contribution is -0.136. The molecule has 3 rings (SSSR count). The van der Waals surface area contributed by atoms with Crippen LogP contribution in [0.3, 0.4) is 0 Å². The van der Waals surface area contributed by atoms with E-state index in [1.54, 1.807) is 36.5 Å². The van der Waals surface area contributed by atoms with Crippen molar-refractivity contribution < 1.29 is 19.4 Å². The van der Waals surface area contributed by atoms with Crippen molar-refractivity contribution in [3.05, 3.63) is 42.2 Å². The number of amides is 2. The molecule has 7 nitrogen and oxygen atoms in total. The third-order valence-corrected chi connectivity index (χ3v) is 4.74. The van der Waals surface area contributed by atoms with Crippen molar-refractivity contribution in [2.45, 2.75) is 43.9 Å². The van der Waals surface area contributed by atoms with Crippen molar-refractivity contribution in [3.8, 4) is 0 Å². The van der Waals surface area contributed by atoms with Crippen molar-refractivity contribution in [2.24, 2.45) is 0 Å². The first-order valence-corrected chi connectivity index (χ1v) is 9.11. The summed E-state index contributed by atoms with van der Waals surface area (Å²) in [7, 11) is 0. The Labute approximate surface area is 153 Å². The molecule has 0 aromatic carbocycles. The van der Waals surface area contributed by atoms with Crippen LogP contribution >= 0.6 is 0 Å². The fraction of sp³-hybridized carbons (Fsp3) is 0.526. The first-order valence-electron chi connectivity index (χ1n) is 9.11. The summed E-state index contributed by atoms with van der Waals surface area (Å²) in [6.45, 7) is 1.37. The third-order valence-electron chi connectivity index (χ3n) is 4.74. The Morgan fingerprint density at radius 2 is 2.04 bits per heavy atom. The van der Waals surface area contributed by atoms with Crippen molar-refractivity contribution in [1.29, 1.82) is 0 Å². The molecule has 1 aromatic heterocycles. The zero-order valence-electron chi connectivity index (χ0n) is 14.7. The lowest BCUT2D eigenvalue weighted by atomic mass is 10.0. The van der Waals surface area contributed by atoms with Gasteiger partial charge in [-0.05, 0) is 31.4 Å². The largest absolute Gasteiger partial charge is 0.394 e. The second-order valence-electron chi connectivity index (χ2n) is 6.64. The number of ether oxygens (including phenoxy) is 1. The fourth-order valence-electron chi connectivity index (χ4n) is 3.30. The number of hydrogen-bond donors (Lipinski definition) is 2. The van der Waals surface area contributed by atoms with E-state index in [4.69, 9.17) is 4.74 Å². The number of hydrogen-bond acceptors (Lipinski definition) is 5. The van der Waals surface area contributed by atoms with Crippen LogP contribution in [0.5, 0.6) is 0 Å². The third kappa shape index (κ3) is 4.68. The van der Waals surface area contributed by atoms with E-state index in [0.29, 0.717) is 5.69 Å². The Bertz CT molecular complexity index is 643. The number of likely N-dealkylation sites (tertiary alicyclic amines) is 1. The van der Waals surface area contributed by atoms with E-state index >= 15 is 0 Å². The van der Waals surface area contributed by atoms with E-state index in [2.05, 4.69) is 10.3 Å². The van der Waals surface area contributed by atoms with E-state index in [9.17, 15) is 14.7 Å². The number of nitrogens with zero attached hydrogens (tertiary/aromatic N) is 2. The van der Waals surface area contributed by atoms with Gasteiger partial charge >= 0.3 is 0 Å². The monoisotopic (exact) mass is 359 g/mol. The molecule has 1 fully saturated rings. The summed E-state index contributed by atoms with van der Waals surface area (Å²) in [5, 5.41) is 12.4. The van der Waals surface area contributed by atoms with Crippen LogP contribution in [-0.4, -0.2) is 64.8 Å². The second kappa shape index (κ2) is 8.91. The highest BCUT2D eigenvalue weighted by atomic mass is 16.5. The summed E-state index contributed by atoms with van der Waals surface area (Å²) in [6, 6.07) is 4.63. The summed E-state index contributed by atoms with van der Waals surface area (Å²) in [5.74, 6) is -0.253. The van der Waals surface area contributed by atoms with Crippen LogP contribution in [0, 0.1) is 0 Å². The van der Waals surface area contributed by atoms with E-state index in [1.807, 2.05) is 4.90 Å². The Kier molecular flexibility index (Phi) is 6.35. The smallest absolute Gasteiger partial charge is 0.270 e. The van der Waals surface area contributed by atoms with E-state index < -0.39 is 12.1 Å². The van der Waals surface area contributed by atoms with Crippen LogP contribution in [-0.2, 0) is 9.53 Å². The van der Waals surface area contributed by atoms with Crippen LogP contribution in [0.1, 0.15) is 36.2 Å². The Morgan fingerprint density at radius 1 is 1.23 bits per heavy atom. The van der Waals surface area contributed by atoms with Crippen LogP contribution in [0.4, 0.5) is 0 Å². The van der Waals surface area contributed by atoms with Crippen molar-refractivity contribution >= 4 is 11.8 Å². The summed E-state index contributed by atoms with van der Waals surface area (Å²) >= 11 is 0. The predicted octanol–water partition coefficient (Wildman–Crippen LogP) is 0.898. The van der Waals surface area contributed by atoms with E-state index in [1.165, 1.54) is 6.42 Å². The molecular weight excluding hydrogens is 334 g/mol. The number of rotatable bonds is 5. The number of aliphatic hydroxyl groups excluding tert-OH is 1. The Balaban J connectivity index is 1.57. The predicted molar refractivity (Wildman–Crippen MR) is 95.4 cm³/mol. The average molecular weight is 359 g/mol. The number of carbonyl (C=O) groups excluding carboxylic acids is 2. The van der Waals surface area contributed by atoms with Crippen molar-refractivity contribution in [3.63, 3.8) is 0 Å². The molecule has 0 radical (unpaired) electrons. The minimum absolute atomic E-state index is 0.0759. The summed E-state index contributed by atoms with van der Waals surface area (Å²) < 4.78 is 5.83. The normalized spacial score (nSPS) is 25.7. The van der Waals surface area contributed by atoms with Gasteiger partial charge in [-0.2, -0.15) is 0 Å². The molecule has 0 saturated carbocycles. The molecule has 0 spiro atoms. The van der Waals surface area contributed by atoms with Crippen LogP contribution < -0.4 is 5.32 Å². The Hall–Kier alpha value is -2.25. The zero-order valence-corrected chi connectivity index (χ0v) is 14.7. The highest BCUT2D eigenvalue weighted by Gasteiger charge is 2.30. The van der Waals surface area contributed by atoms with E-state index in [-0.39, 0.29) is 30.9 Å². The van der Waals surface area contributed by atoms with Gasteiger partial charge in [0, 0.05) is 19.3 Å². The molecule has 2 aliphatic heterocycles. The van der Waals surface area contributed by atoms with Gasteiger partial charge < -0.3 is 20.1 Å². The molecule has 3 atom stereocenters. The molecule has 140 valence electrons. The number of aromatic nitrogens is 1. The van der Waals surface area contributed by atoms with Crippen LogP contribution in [0.25, 0.3) is 0 Å². The number of carbonyl (C=O) groups is 2. The molecule has 2 N–H and O–H groups in total. The van der Waals surface area contributed by atoms with Crippen molar-refractivity contribution in [1.82, 2.24) is 15.2 Å². The van der Waals surface area contributed by atoms with Gasteiger partial charge in [-0.25, -0.2) is 0 Å². The van der Waals surface area contributed by atoms with Gasteiger partial charge in [-0.15, -0.1) is 0 Å². The Morgan fingerprint density at radius 3 is 2.73 bits per heavy atom. The minimum Gasteiger partial charge on any atom is -0.394 e. The number of nitrogens with one attached hydrogen (secondary N) is 1. The first-order chi connectivity index (χ1) is 12.7. The maximum absolute atomic E-state index is 12.4. The fourth-order valence-corrected chi connectivity index (χ4v) is 3.30. The van der Waals surface area contributed by atoms with Gasteiger partial charge in [0.2, 0.25) is 5.91 Å². The number of aliphatic hydroxyl groups is 1. The van der Waals surface area contributed by atoms with Gasteiger partial charge in [0.05, 0.1) is 25.2 Å². The van der Waals surface area contributed by atoms with Gasteiger partial charge in [-0.1, -0.05) is 18.2 Å². The maximum atomic E-state index is 12.4. The number of pyridine rings is 1. The SMILES string of the molecule is O=C(N[C@@H]1C=C[C@H](CC(=O)N2CCCCC2)O[C@@H]1CO)c1ccccn1. The molecule has 7 heteroatoms. The maximum Gasteiger partial charge on any atom is 0.270 e. The molecule has 1 aromatic rings. The van der Waals surface area contributed by atoms with Gasteiger partial charge in [0.25, 0.3) is 5.91 Å². The molecule has 1 saturated heterocycles. The highest BCUT2D eigenvalue weighted by Crippen LogP contribution is 2.18.